The number of ketones is 1. The van der Waals surface area contributed by atoms with E-state index in [0.717, 1.165) is 12.8 Å². The second kappa shape index (κ2) is 5.78. The topological polar surface area (TPSA) is 54.5 Å². The fourth-order valence-electron chi connectivity index (χ4n) is 2.18. The number of Topliss-reactive ketones (excluding diaryl/α,β-unsaturated/α-hetero) is 1. The molecule has 4 nitrogen and oxygen atoms in total. The summed E-state index contributed by atoms with van der Waals surface area (Å²) in [7, 11) is 0. The van der Waals surface area contributed by atoms with Crippen LogP contribution < -0.4 is 0 Å². The van der Waals surface area contributed by atoms with Gasteiger partial charge in [-0.05, 0) is 18.6 Å². The minimum Gasteiger partial charge on any atom is -0.300 e. The Balaban J connectivity index is 1.99. The van der Waals surface area contributed by atoms with Crippen LogP contribution >= 0.6 is 0 Å². The van der Waals surface area contributed by atoms with Crippen molar-refractivity contribution in [3.05, 3.63) is 35.4 Å². The molecule has 1 aromatic carbocycles. The monoisotopic (exact) mass is 259 g/mol. The number of nitrogens with zero attached hydrogens (tertiary/aromatic N) is 1. The molecule has 0 spiro atoms. The molecule has 0 unspecified atom stereocenters. The smallest absolute Gasteiger partial charge is 0.261 e. The summed E-state index contributed by atoms with van der Waals surface area (Å²) in [6, 6.07) is 6.77. The highest BCUT2D eigenvalue weighted by Crippen LogP contribution is 2.22. The lowest BCUT2D eigenvalue weighted by Crippen LogP contribution is -2.31. The summed E-state index contributed by atoms with van der Waals surface area (Å²) < 4.78 is 0. The molecule has 1 aromatic rings. The van der Waals surface area contributed by atoms with Crippen LogP contribution in [0.3, 0.4) is 0 Å². The number of unbranched alkanes of at least 4 members (excludes halogenated alkanes) is 1. The zero-order chi connectivity index (χ0) is 13.8. The molecule has 0 saturated carbocycles. The fraction of sp³-hybridized carbons (Fsp3) is 0.400. The molecule has 0 atom stereocenters. The van der Waals surface area contributed by atoms with Crippen LogP contribution in [-0.4, -0.2) is 29.0 Å². The van der Waals surface area contributed by atoms with E-state index in [1.807, 2.05) is 6.92 Å². The molecule has 1 aliphatic rings. The molecule has 19 heavy (non-hydrogen) atoms. The summed E-state index contributed by atoms with van der Waals surface area (Å²) in [5.41, 5.74) is 0.877. The van der Waals surface area contributed by atoms with Gasteiger partial charge in [-0.15, -0.1) is 0 Å². The van der Waals surface area contributed by atoms with Crippen molar-refractivity contribution in [2.24, 2.45) is 0 Å². The van der Waals surface area contributed by atoms with E-state index in [1.54, 1.807) is 24.3 Å². The molecule has 100 valence electrons. The SMILES string of the molecule is CCCCC(=O)CCN1C(=O)c2ccccc2C1=O. The van der Waals surface area contributed by atoms with Crippen LogP contribution in [0.1, 0.15) is 53.3 Å². The van der Waals surface area contributed by atoms with Gasteiger partial charge in [-0.1, -0.05) is 25.5 Å². The third kappa shape index (κ3) is 2.72. The van der Waals surface area contributed by atoms with Crippen molar-refractivity contribution < 1.29 is 14.4 Å². The molecule has 1 aliphatic heterocycles. The molecule has 4 heteroatoms. The molecule has 0 N–H and O–H groups in total. The van der Waals surface area contributed by atoms with Gasteiger partial charge < -0.3 is 0 Å². The number of carbonyl (C=O) groups excluding carboxylic acids is 3. The van der Waals surface area contributed by atoms with Crippen molar-refractivity contribution in [1.29, 1.82) is 0 Å². The van der Waals surface area contributed by atoms with E-state index >= 15 is 0 Å². The number of amides is 2. The summed E-state index contributed by atoms with van der Waals surface area (Å²) in [5.74, 6) is -0.466. The lowest BCUT2D eigenvalue weighted by molar-refractivity contribution is -0.119. The molecular weight excluding hydrogens is 242 g/mol. The van der Waals surface area contributed by atoms with Gasteiger partial charge >= 0.3 is 0 Å². The number of carbonyl (C=O) groups is 3. The van der Waals surface area contributed by atoms with Gasteiger partial charge in [0.05, 0.1) is 11.1 Å². The van der Waals surface area contributed by atoms with E-state index in [0.29, 0.717) is 17.5 Å². The maximum Gasteiger partial charge on any atom is 0.261 e. The Morgan fingerprint density at radius 1 is 1.05 bits per heavy atom. The Morgan fingerprint density at radius 2 is 1.63 bits per heavy atom. The van der Waals surface area contributed by atoms with Gasteiger partial charge in [0.2, 0.25) is 0 Å². The Kier molecular flexibility index (Phi) is 4.10. The quantitative estimate of drug-likeness (QED) is 0.737. The van der Waals surface area contributed by atoms with Crippen LogP contribution in [0.15, 0.2) is 24.3 Å². The van der Waals surface area contributed by atoms with E-state index < -0.39 is 0 Å². The number of hydrogen-bond acceptors (Lipinski definition) is 3. The third-order valence-corrected chi connectivity index (χ3v) is 3.30. The summed E-state index contributed by atoms with van der Waals surface area (Å²) in [6.45, 7) is 2.21. The standard InChI is InChI=1S/C15H17NO3/c1-2-3-6-11(17)9-10-16-14(18)12-7-4-5-8-13(12)15(16)19/h4-5,7-8H,2-3,6,9-10H2,1H3. The Morgan fingerprint density at radius 3 is 2.16 bits per heavy atom. The number of benzene rings is 1. The van der Waals surface area contributed by atoms with Crippen molar-refractivity contribution >= 4 is 17.6 Å². The number of hydrogen-bond donors (Lipinski definition) is 0. The third-order valence-electron chi connectivity index (χ3n) is 3.30. The average molecular weight is 259 g/mol. The van der Waals surface area contributed by atoms with Crippen molar-refractivity contribution in [3.8, 4) is 0 Å². The van der Waals surface area contributed by atoms with Gasteiger partial charge in [0.1, 0.15) is 5.78 Å². The second-order valence-electron chi connectivity index (χ2n) is 4.70. The average Bonchev–Trinajstić information content (AvgIpc) is 2.67. The zero-order valence-corrected chi connectivity index (χ0v) is 11.0. The van der Waals surface area contributed by atoms with E-state index in [9.17, 15) is 14.4 Å². The highest BCUT2D eigenvalue weighted by atomic mass is 16.2. The van der Waals surface area contributed by atoms with Crippen molar-refractivity contribution in [1.82, 2.24) is 4.90 Å². The molecule has 2 rings (SSSR count). The highest BCUT2D eigenvalue weighted by Gasteiger charge is 2.34. The molecule has 0 radical (unpaired) electrons. The minimum absolute atomic E-state index is 0.110. The van der Waals surface area contributed by atoms with Crippen LogP contribution in [0, 0.1) is 0 Å². The first kappa shape index (κ1) is 13.5. The molecule has 0 bridgehead atoms. The van der Waals surface area contributed by atoms with Crippen LogP contribution in [0.2, 0.25) is 0 Å². The van der Waals surface area contributed by atoms with Gasteiger partial charge in [0, 0.05) is 19.4 Å². The number of rotatable bonds is 6. The second-order valence-corrected chi connectivity index (χ2v) is 4.70. The Bertz CT molecular complexity index is 487. The van der Waals surface area contributed by atoms with Gasteiger partial charge in [-0.2, -0.15) is 0 Å². The van der Waals surface area contributed by atoms with E-state index in [-0.39, 0.29) is 30.6 Å². The van der Waals surface area contributed by atoms with E-state index in [4.69, 9.17) is 0 Å². The first-order valence-electron chi connectivity index (χ1n) is 6.62. The predicted octanol–water partition coefficient (Wildman–Crippen LogP) is 2.43. The first-order valence-corrected chi connectivity index (χ1v) is 6.62. The molecule has 0 fully saturated rings. The van der Waals surface area contributed by atoms with Gasteiger partial charge in [0.25, 0.3) is 11.8 Å². The first-order chi connectivity index (χ1) is 9.15. The van der Waals surface area contributed by atoms with Crippen molar-refractivity contribution in [3.63, 3.8) is 0 Å². The van der Waals surface area contributed by atoms with Crippen LogP contribution in [0.4, 0.5) is 0 Å². The van der Waals surface area contributed by atoms with Crippen LogP contribution in [0.25, 0.3) is 0 Å². The van der Waals surface area contributed by atoms with Crippen molar-refractivity contribution in [2.45, 2.75) is 32.6 Å². The molecular formula is C15H17NO3. The van der Waals surface area contributed by atoms with E-state index in [1.165, 1.54) is 4.90 Å². The molecule has 1 heterocycles. The molecule has 0 saturated heterocycles. The van der Waals surface area contributed by atoms with Crippen molar-refractivity contribution in [2.75, 3.05) is 6.54 Å². The maximum absolute atomic E-state index is 12.0. The normalized spacial score (nSPS) is 13.8. The summed E-state index contributed by atoms with van der Waals surface area (Å²) >= 11 is 0. The summed E-state index contributed by atoms with van der Waals surface area (Å²) in [5, 5.41) is 0. The highest BCUT2D eigenvalue weighted by molar-refractivity contribution is 6.21. The lowest BCUT2D eigenvalue weighted by atomic mass is 10.1. The van der Waals surface area contributed by atoms with Crippen LogP contribution in [-0.2, 0) is 4.79 Å². The summed E-state index contributed by atoms with van der Waals surface area (Å²) in [6.07, 6.45) is 2.62. The van der Waals surface area contributed by atoms with Gasteiger partial charge in [-0.3, -0.25) is 19.3 Å². The maximum atomic E-state index is 12.0. The van der Waals surface area contributed by atoms with Gasteiger partial charge in [0.15, 0.2) is 0 Å². The predicted molar refractivity (Wildman–Crippen MR) is 71.0 cm³/mol. The van der Waals surface area contributed by atoms with E-state index in [2.05, 4.69) is 0 Å². The molecule has 0 aromatic heterocycles. The summed E-state index contributed by atoms with van der Waals surface area (Å²) in [4.78, 5) is 36.8. The van der Waals surface area contributed by atoms with Gasteiger partial charge in [-0.25, -0.2) is 0 Å². The zero-order valence-electron chi connectivity index (χ0n) is 11.0. The molecule has 0 aliphatic carbocycles. The Labute approximate surface area is 112 Å². The molecule has 2 amide bonds. The Hall–Kier alpha value is -1.97. The largest absolute Gasteiger partial charge is 0.300 e. The minimum atomic E-state index is -0.288. The fourth-order valence-corrected chi connectivity index (χ4v) is 2.18. The van der Waals surface area contributed by atoms with Crippen LogP contribution in [0.5, 0.6) is 0 Å². The number of fused-ring (bicyclic) bond motifs is 1. The number of imide groups is 1. The lowest BCUT2D eigenvalue weighted by Gasteiger charge is -2.12.